The standard InChI is InChI=1S/C38H46F2N6O6/c1-38(2,3)52-36(49)41-28-21-45(43-32(28)34(39)40)26-15-13-24(14-16-26)22-51-19-7-9-23-8-5-10-25(20-23)27-11-6-12-29-33(27)44(4)37(50)46(29)30-17-18-31(47)42-35(30)48/h5-6,8,10-12,20-21,24,26,30,34H,7,9,13-19,22H2,1-4H3,(H,41,49)(H,42,47,48). The topological polar surface area (TPSA) is 138 Å². The van der Waals surface area contributed by atoms with E-state index in [-0.39, 0.29) is 36.2 Å². The van der Waals surface area contributed by atoms with Crippen molar-refractivity contribution >= 4 is 34.6 Å². The van der Waals surface area contributed by atoms with Crippen LogP contribution in [0.25, 0.3) is 22.2 Å². The van der Waals surface area contributed by atoms with E-state index in [1.807, 2.05) is 30.3 Å². The molecule has 1 saturated carbocycles. The predicted molar refractivity (Wildman–Crippen MR) is 191 cm³/mol. The monoisotopic (exact) mass is 720 g/mol. The van der Waals surface area contributed by atoms with Gasteiger partial charge in [-0.2, -0.15) is 5.10 Å². The zero-order valence-electron chi connectivity index (χ0n) is 30.0. The molecular weight excluding hydrogens is 674 g/mol. The fraction of sp³-hybridized carbons (Fsp3) is 0.500. The van der Waals surface area contributed by atoms with E-state index in [1.54, 1.807) is 37.1 Å². The molecule has 12 nitrogen and oxygen atoms in total. The van der Waals surface area contributed by atoms with Gasteiger partial charge < -0.3 is 9.47 Å². The number of alkyl halides is 2. The molecule has 1 unspecified atom stereocenters. The van der Waals surface area contributed by atoms with E-state index in [0.717, 1.165) is 60.7 Å². The van der Waals surface area contributed by atoms with Gasteiger partial charge in [-0.05, 0) is 88.8 Å². The van der Waals surface area contributed by atoms with Crippen LogP contribution < -0.4 is 16.3 Å². The van der Waals surface area contributed by atoms with Crippen LogP contribution in [0.1, 0.15) is 95.5 Å². The highest BCUT2D eigenvalue weighted by Crippen LogP contribution is 2.35. The quantitative estimate of drug-likeness (QED) is 0.128. The Morgan fingerprint density at radius 1 is 1.06 bits per heavy atom. The summed E-state index contributed by atoms with van der Waals surface area (Å²) in [5.41, 5.74) is 2.80. The molecule has 1 atom stereocenters. The number of imidazole rings is 1. The van der Waals surface area contributed by atoms with Gasteiger partial charge in [0.25, 0.3) is 6.43 Å². The maximum absolute atomic E-state index is 13.7. The van der Waals surface area contributed by atoms with Crippen LogP contribution in [-0.2, 0) is 32.5 Å². The van der Waals surface area contributed by atoms with Crippen LogP contribution in [0.5, 0.6) is 0 Å². The van der Waals surface area contributed by atoms with E-state index < -0.39 is 35.8 Å². The first-order chi connectivity index (χ1) is 24.8. The van der Waals surface area contributed by atoms with Gasteiger partial charge in [-0.25, -0.2) is 18.4 Å². The number of para-hydroxylation sites is 1. The number of hydrogen-bond donors (Lipinski definition) is 2. The van der Waals surface area contributed by atoms with Gasteiger partial charge in [-0.1, -0.05) is 36.4 Å². The van der Waals surface area contributed by atoms with Crippen molar-refractivity contribution in [3.63, 3.8) is 0 Å². The number of benzene rings is 2. The number of fused-ring (bicyclic) bond motifs is 1. The van der Waals surface area contributed by atoms with Crippen molar-refractivity contribution in [1.29, 1.82) is 0 Å². The van der Waals surface area contributed by atoms with E-state index >= 15 is 0 Å². The highest BCUT2D eigenvalue weighted by atomic mass is 19.3. The Hall–Kier alpha value is -4.85. The number of carbonyl (C=O) groups is 3. The number of amides is 3. The van der Waals surface area contributed by atoms with E-state index in [4.69, 9.17) is 9.47 Å². The van der Waals surface area contributed by atoms with Gasteiger partial charge in [-0.15, -0.1) is 0 Å². The number of ether oxygens (including phenoxy) is 2. The molecule has 1 aliphatic heterocycles. The van der Waals surface area contributed by atoms with Gasteiger partial charge in [0, 0.05) is 38.4 Å². The van der Waals surface area contributed by atoms with Crippen molar-refractivity contribution in [2.75, 3.05) is 18.5 Å². The Labute approximate surface area is 300 Å². The van der Waals surface area contributed by atoms with Crippen LogP contribution >= 0.6 is 0 Å². The maximum atomic E-state index is 13.7. The minimum Gasteiger partial charge on any atom is -0.444 e. The molecule has 2 aromatic carbocycles. The summed E-state index contributed by atoms with van der Waals surface area (Å²) in [5, 5.41) is 8.91. The number of rotatable bonds is 11. The maximum Gasteiger partial charge on any atom is 0.412 e. The van der Waals surface area contributed by atoms with Gasteiger partial charge >= 0.3 is 11.8 Å². The lowest BCUT2D eigenvalue weighted by molar-refractivity contribution is -0.135. The molecule has 3 amide bonds. The first kappa shape index (κ1) is 36.9. The average molecular weight is 721 g/mol. The number of piperidine rings is 1. The predicted octanol–water partition coefficient (Wildman–Crippen LogP) is 6.85. The Morgan fingerprint density at radius 2 is 1.81 bits per heavy atom. The third-order valence-corrected chi connectivity index (χ3v) is 9.76. The van der Waals surface area contributed by atoms with Crippen LogP contribution in [0.3, 0.4) is 0 Å². The summed E-state index contributed by atoms with van der Waals surface area (Å²) in [6, 6.07) is 13.1. The molecule has 3 heterocycles. The number of aromatic nitrogens is 4. The SMILES string of the molecule is Cn1c(=O)n(C2CCC(=O)NC2=O)c2cccc(-c3cccc(CCCOCC4CCC(n5cc(NC(=O)OC(C)(C)C)c(C(F)F)n5)CC4)c3)c21. The minimum atomic E-state index is -2.83. The lowest BCUT2D eigenvalue weighted by Crippen LogP contribution is -2.44. The van der Waals surface area contributed by atoms with Crippen LogP contribution in [0.15, 0.2) is 53.5 Å². The van der Waals surface area contributed by atoms with Gasteiger partial charge in [0.15, 0.2) is 5.69 Å². The molecule has 52 heavy (non-hydrogen) atoms. The summed E-state index contributed by atoms with van der Waals surface area (Å²) in [7, 11) is 1.70. The zero-order valence-corrected chi connectivity index (χ0v) is 30.0. The molecule has 2 N–H and O–H groups in total. The minimum absolute atomic E-state index is 0.0354. The molecule has 0 radical (unpaired) electrons. The van der Waals surface area contributed by atoms with Crippen molar-refractivity contribution in [3.8, 4) is 11.1 Å². The third kappa shape index (κ3) is 8.27. The summed E-state index contributed by atoms with van der Waals surface area (Å²) in [5.74, 6) is -0.422. The molecule has 6 rings (SSSR count). The van der Waals surface area contributed by atoms with Gasteiger partial charge in [0.1, 0.15) is 11.6 Å². The van der Waals surface area contributed by atoms with E-state index in [0.29, 0.717) is 24.6 Å². The molecule has 4 aromatic rings. The fourth-order valence-electron chi connectivity index (χ4n) is 7.26. The van der Waals surface area contributed by atoms with Crippen molar-refractivity contribution in [2.24, 2.45) is 13.0 Å². The van der Waals surface area contributed by atoms with E-state index in [2.05, 4.69) is 27.9 Å². The number of aryl methyl sites for hydroxylation is 2. The second-order valence-corrected chi connectivity index (χ2v) is 14.7. The summed E-state index contributed by atoms with van der Waals surface area (Å²) in [6.07, 6.45) is 3.23. The third-order valence-electron chi connectivity index (χ3n) is 9.76. The molecular formula is C38H46F2N6O6. The number of nitrogens with one attached hydrogen (secondary N) is 2. The van der Waals surface area contributed by atoms with Crippen LogP contribution in [-0.4, -0.2) is 55.6 Å². The van der Waals surface area contributed by atoms with Gasteiger partial charge in [0.2, 0.25) is 11.8 Å². The van der Waals surface area contributed by atoms with Crippen LogP contribution in [0.4, 0.5) is 19.3 Å². The second-order valence-electron chi connectivity index (χ2n) is 14.7. The highest BCUT2D eigenvalue weighted by molar-refractivity contribution is 6.01. The Balaban J connectivity index is 1.00. The summed E-state index contributed by atoms with van der Waals surface area (Å²) < 4.78 is 43.3. The lowest BCUT2D eigenvalue weighted by atomic mass is 9.86. The number of hydrogen-bond acceptors (Lipinski definition) is 7. The van der Waals surface area contributed by atoms with Gasteiger partial charge in [0.05, 0.1) is 22.8 Å². The largest absolute Gasteiger partial charge is 0.444 e. The second kappa shape index (κ2) is 15.4. The molecule has 2 fully saturated rings. The zero-order chi connectivity index (χ0) is 37.2. The number of carbonyl (C=O) groups excluding carboxylic acids is 3. The summed E-state index contributed by atoms with van der Waals surface area (Å²) in [4.78, 5) is 49.9. The van der Waals surface area contributed by atoms with Crippen molar-refractivity contribution in [1.82, 2.24) is 24.2 Å². The van der Waals surface area contributed by atoms with Crippen LogP contribution in [0, 0.1) is 5.92 Å². The first-order valence-corrected chi connectivity index (χ1v) is 17.9. The smallest absolute Gasteiger partial charge is 0.412 e. The number of imide groups is 1. The molecule has 0 spiro atoms. The Morgan fingerprint density at radius 3 is 2.52 bits per heavy atom. The molecule has 2 aromatic heterocycles. The summed E-state index contributed by atoms with van der Waals surface area (Å²) in [6.45, 7) is 6.33. The van der Waals surface area contributed by atoms with Crippen molar-refractivity contribution in [3.05, 3.63) is 70.4 Å². The summed E-state index contributed by atoms with van der Waals surface area (Å²) >= 11 is 0. The highest BCUT2D eigenvalue weighted by Gasteiger charge is 2.32. The molecule has 2 aliphatic rings. The molecule has 278 valence electrons. The van der Waals surface area contributed by atoms with Crippen LogP contribution in [0.2, 0.25) is 0 Å². The fourth-order valence-corrected chi connectivity index (χ4v) is 7.26. The molecule has 14 heteroatoms. The Kier molecular flexibility index (Phi) is 10.9. The number of halogens is 2. The lowest BCUT2D eigenvalue weighted by Gasteiger charge is -2.28. The molecule has 0 bridgehead atoms. The normalized spacial score (nSPS) is 19.6. The van der Waals surface area contributed by atoms with Crippen molar-refractivity contribution < 1.29 is 32.6 Å². The first-order valence-electron chi connectivity index (χ1n) is 17.9. The number of nitrogens with zero attached hydrogens (tertiary/aromatic N) is 4. The number of anilines is 1. The van der Waals surface area contributed by atoms with Crippen molar-refractivity contribution in [2.45, 2.75) is 96.2 Å². The van der Waals surface area contributed by atoms with Gasteiger partial charge in [-0.3, -0.25) is 34.0 Å². The van der Waals surface area contributed by atoms with E-state index in [1.165, 1.54) is 10.8 Å². The van der Waals surface area contributed by atoms with E-state index in [9.17, 15) is 28.0 Å². The molecule has 1 saturated heterocycles. The molecule has 1 aliphatic carbocycles. The average Bonchev–Trinajstić information content (AvgIpc) is 3.62. The Bertz CT molecular complexity index is 2000.